The Morgan fingerprint density at radius 3 is 1.80 bits per heavy atom. The Kier molecular flexibility index (Phi) is 6.55. The van der Waals surface area contributed by atoms with E-state index < -0.39 is 0 Å². The Labute approximate surface area is 158 Å². The van der Waals surface area contributed by atoms with Crippen molar-refractivity contribution in [3.63, 3.8) is 0 Å². The summed E-state index contributed by atoms with van der Waals surface area (Å²) in [6.45, 7) is 0. The van der Waals surface area contributed by atoms with Crippen molar-refractivity contribution in [1.82, 2.24) is 4.98 Å². The summed E-state index contributed by atoms with van der Waals surface area (Å²) in [5.41, 5.74) is 2.06. The van der Waals surface area contributed by atoms with Crippen LogP contribution < -0.4 is 10.2 Å². The standard InChI is InChI=1S/C19H15N3O2.Zn/c23-18-7-3-1-5-14(18)11-21-16-9-10-20-13-17(16)22-12-15-6-2-4-8-19(15)24;/h1-13,23-24H;/q;+2/p-2. The van der Waals surface area contributed by atoms with Gasteiger partial charge in [-0.05, 0) is 17.2 Å². The predicted octanol–water partition coefficient (Wildman–Crippen LogP) is 2.73. The van der Waals surface area contributed by atoms with Crippen LogP contribution in [-0.4, -0.2) is 17.4 Å². The van der Waals surface area contributed by atoms with Crippen LogP contribution in [0.5, 0.6) is 11.5 Å². The molecule has 0 radical (unpaired) electrons. The number of aromatic nitrogens is 1. The number of aliphatic imine (C=N–C) groups is 2. The predicted molar refractivity (Wildman–Crippen MR) is 90.5 cm³/mol. The van der Waals surface area contributed by atoms with Crippen LogP contribution in [0.25, 0.3) is 0 Å². The smallest absolute Gasteiger partial charge is 0.872 e. The van der Waals surface area contributed by atoms with Gasteiger partial charge in [-0.15, -0.1) is 11.5 Å². The summed E-state index contributed by atoms with van der Waals surface area (Å²) in [5, 5.41) is 23.4. The molecule has 0 amide bonds. The van der Waals surface area contributed by atoms with Gasteiger partial charge in [0.15, 0.2) is 0 Å². The van der Waals surface area contributed by atoms with Crippen LogP contribution in [0.2, 0.25) is 0 Å². The fraction of sp³-hybridized carbons (Fsp3) is 0. The van der Waals surface area contributed by atoms with E-state index in [2.05, 4.69) is 15.0 Å². The number of rotatable bonds is 4. The molecular weight excluding hydrogens is 368 g/mol. The molecule has 0 saturated heterocycles. The molecule has 0 atom stereocenters. The molecule has 3 rings (SSSR count). The molecule has 118 valence electrons. The molecule has 0 unspecified atom stereocenters. The van der Waals surface area contributed by atoms with Crippen molar-refractivity contribution in [2.75, 3.05) is 0 Å². The molecule has 1 aromatic heterocycles. The third kappa shape index (κ3) is 4.81. The van der Waals surface area contributed by atoms with Crippen LogP contribution in [0.3, 0.4) is 0 Å². The van der Waals surface area contributed by atoms with Crippen molar-refractivity contribution in [3.8, 4) is 11.5 Å². The van der Waals surface area contributed by atoms with Gasteiger partial charge < -0.3 is 10.2 Å². The van der Waals surface area contributed by atoms with Gasteiger partial charge in [0, 0.05) is 18.6 Å². The summed E-state index contributed by atoms with van der Waals surface area (Å²) in [4.78, 5) is 12.6. The van der Waals surface area contributed by atoms with Gasteiger partial charge in [-0.3, -0.25) is 15.0 Å². The molecule has 0 bridgehead atoms. The minimum absolute atomic E-state index is 0. The van der Waals surface area contributed by atoms with Gasteiger partial charge in [-0.1, -0.05) is 48.5 Å². The molecule has 3 aromatic rings. The molecule has 0 fully saturated rings. The molecule has 1 heterocycles. The van der Waals surface area contributed by atoms with E-state index in [1.54, 1.807) is 54.9 Å². The van der Waals surface area contributed by atoms with Crippen LogP contribution >= 0.6 is 0 Å². The van der Waals surface area contributed by atoms with Crippen molar-refractivity contribution >= 4 is 23.8 Å². The summed E-state index contributed by atoms with van der Waals surface area (Å²) in [7, 11) is 0. The van der Waals surface area contributed by atoms with Crippen LogP contribution in [0.15, 0.2) is 77.0 Å². The second-order valence-corrected chi connectivity index (χ2v) is 4.96. The molecule has 25 heavy (non-hydrogen) atoms. The number of nitrogens with zero attached hydrogens (tertiary/aromatic N) is 3. The van der Waals surface area contributed by atoms with E-state index in [4.69, 9.17) is 0 Å². The first kappa shape index (κ1) is 18.5. The van der Waals surface area contributed by atoms with Crippen LogP contribution in [-0.2, 0) is 19.5 Å². The van der Waals surface area contributed by atoms with Crippen molar-refractivity contribution in [3.05, 3.63) is 78.1 Å². The van der Waals surface area contributed by atoms with Gasteiger partial charge in [0.05, 0.1) is 11.9 Å². The Balaban J connectivity index is 0.00000225. The summed E-state index contributed by atoms with van der Waals surface area (Å²) in [6.07, 6.45) is 6.13. The molecule has 0 spiro atoms. The Morgan fingerprint density at radius 1 is 0.720 bits per heavy atom. The molecule has 0 aliphatic rings. The topological polar surface area (TPSA) is 83.7 Å². The van der Waals surface area contributed by atoms with Crippen molar-refractivity contribution in [2.45, 2.75) is 0 Å². The van der Waals surface area contributed by atoms with Crippen molar-refractivity contribution in [1.29, 1.82) is 0 Å². The van der Waals surface area contributed by atoms with E-state index in [-0.39, 0.29) is 31.0 Å². The second kappa shape index (κ2) is 8.85. The van der Waals surface area contributed by atoms with Gasteiger partial charge in [-0.2, -0.15) is 0 Å². The molecular formula is C19H13N3O2Zn. The maximum Gasteiger partial charge on any atom is 2.00 e. The van der Waals surface area contributed by atoms with E-state index in [1.807, 2.05) is 0 Å². The number of pyridine rings is 1. The molecule has 5 nitrogen and oxygen atoms in total. The average Bonchev–Trinajstić information content (AvgIpc) is 2.61. The molecule has 0 N–H and O–H groups in total. The molecule has 6 heteroatoms. The third-order valence-corrected chi connectivity index (χ3v) is 3.30. The quantitative estimate of drug-likeness (QED) is 0.515. The van der Waals surface area contributed by atoms with E-state index in [1.165, 1.54) is 24.6 Å². The van der Waals surface area contributed by atoms with Gasteiger partial charge >= 0.3 is 19.5 Å². The Hall–Kier alpha value is -2.85. The normalized spacial score (nSPS) is 10.9. The van der Waals surface area contributed by atoms with E-state index >= 15 is 0 Å². The average molecular weight is 381 g/mol. The zero-order chi connectivity index (χ0) is 16.8. The SMILES string of the molecule is [O-]c1ccccc1C=Nc1ccncc1N=Cc1ccccc1[O-].[Zn+2]. The zero-order valence-electron chi connectivity index (χ0n) is 13.4. The van der Waals surface area contributed by atoms with E-state index in [9.17, 15) is 10.2 Å². The fourth-order valence-corrected chi connectivity index (χ4v) is 2.04. The summed E-state index contributed by atoms with van der Waals surface area (Å²) in [5.74, 6) is -0.198. The van der Waals surface area contributed by atoms with Gasteiger partial charge in [0.2, 0.25) is 0 Å². The first-order valence-electron chi connectivity index (χ1n) is 7.28. The Bertz CT molecular complexity index is 836. The molecule has 0 aliphatic carbocycles. The first-order chi connectivity index (χ1) is 11.7. The maximum absolute atomic E-state index is 11.7. The second-order valence-electron chi connectivity index (χ2n) is 4.96. The van der Waals surface area contributed by atoms with Crippen LogP contribution in [0.4, 0.5) is 11.4 Å². The van der Waals surface area contributed by atoms with E-state index in [0.29, 0.717) is 22.5 Å². The monoisotopic (exact) mass is 379 g/mol. The first-order valence-corrected chi connectivity index (χ1v) is 7.28. The fourth-order valence-electron chi connectivity index (χ4n) is 2.04. The van der Waals surface area contributed by atoms with Crippen molar-refractivity contribution < 1.29 is 29.7 Å². The molecule has 2 aromatic carbocycles. The molecule has 0 saturated carbocycles. The van der Waals surface area contributed by atoms with Crippen LogP contribution in [0, 0.1) is 0 Å². The third-order valence-electron chi connectivity index (χ3n) is 3.30. The number of benzene rings is 2. The minimum Gasteiger partial charge on any atom is -0.872 e. The van der Waals surface area contributed by atoms with Crippen molar-refractivity contribution in [2.24, 2.45) is 9.98 Å². The Morgan fingerprint density at radius 2 is 1.24 bits per heavy atom. The minimum atomic E-state index is -0.101. The molecule has 0 aliphatic heterocycles. The zero-order valence-corrected chi connectivity index (χ0v) is 16.3. The summed E-state index contributed by atoms with van der Waals surface area (Å²) < 4.78 is 0. The summed E-state index contributed by atoms with van der Waals surface area (Å²) >= 11 is 0. The number of hydrogen-bond acceptors (Lipinski definition) is 5. The number of hydrogen-bond donors (Lipinski definition) is 0. The van der Waals surface area contributed by atoms with Gasteiger partial charge in [0.25, 0.3) is 0 Å². The number of para-hydroxylation sites is 2. The van der Waals surface area contributed by atoms with E-state index in [0.717, 1.165) is 0 Å². The summed E-state index contributed by atoms with van der Waals surface area (Å²) in [6, 6.07) is 15.0. The van der Waals surface area contributed by atoms with Gasteiger partial charge in [-0.25, -0.2) is 0 Å². The van der Waals surface area contributed by atoms with Gasteiger partial charge in [0.1, 0.15) is 5.69 Å². The largest absolute Gasteiger partial charge is 2.00 e. The maximum atomic E-state index is 11.7. The van der Waals surface area contributed by atoms with Crippen LogP contribution in [0.1, 0.15) is 11.1 Å².